The van der Waals surface area contributed by atoms with Crippen molar-refractivity contribution in [2.45, 2.75) is 32.6 Å². The van der Waals surface area contributed by atoms with Gasteiger partial charge in [0.05, 0.1) is 12.5 Å². The minimum absolute atomic E-state index is 0.161. The van der Waals surface area contributed by atoms with Crippen LogP contribution in [0.3, 0.4) is 0 Å². The lowest BCUT2D eigenvalue weighted by atomic mass is 9.79. The summed E-state index contributed by atoms with van der Waals surface area (Å²) in [6.07, 6.45) is 2.89. The number of halogens is 1. The molecule has 0 unspecified atom stereocenters. The highest BCUT2D eigenvalue weighted by Gasteiger charge is 2.33. The number of hydrogen-bond donors (Lipinski definition) is 1. The van der Waals surface area contributed by atoms with E-state index in [1.54, 1.807) is 0 Å². The van der Waals surface area contributed by atoms with Gasteiger partial charge in [0.25, 0.3) is 0 Å². The van der Waals surface area contributed by atoms with Crippen molar-refractivity contribution in [2.24, 2.45) is 5.41 Å². The molecule has 0 aromatic heterocycles. The molecule has 0 fully saturated rings. The third-order valence-corrected chi connectivity index (χ3v) is 3.79. The van der Waals surface area contributed by atoms with Crippen LogP contribution in [0.5, 0.6) is 0 Å². The van der Waals surface area contributed by atoms with Crippen LogP contribution < -0.4 is 0 Å². The second-order valence-corrected chi connectivity index (χ2v) is 5.96. The van der Waals surface area contributed by atoms with E-state index in [0.717, 1.165) is 16.5 Å². The first-order chi connectivity index (χ1) is 9.01. The number of unbranched alkanes of at least 4 members (excludes halogenated alkanes) is 1. The number of carbonyl (C=O) groups excluding carboxylic acids is 1. The number of ether oxygens (including phenoxy) is 1. The molecule has 19 heavy (non-hydrogen) atoms. The molecule has 0 bridgehead atoms. The average molecular weight is 329 g/mol. The van der Waals surface area contributed by atoms with Gasteiger partial charge in [-0.15, -0.1) is 0 Å². The second-order valence-electron chi connectivity index (χ2n) is 5.04. The van der Waals surface area contributed by atoms with Gasteiger partial charge < -0.3 is 9.84 Å². The van der Waals surface area contributed by atoms with E-state index in [2.05, 4.69) is 15.9 Å². The van der Waals surface area contributed by atoms with Crippen molar-refractivity contribution in [3.05, 3.63) is 34.3 Å². The molecule has 3 nitrogen and oxygen atoms in total. The van der Waals surface area contributed by atoms with Crippen LogP contribution in [-0.2, 0) is 16.0 Å². The van der Waals surface area contributed by atoms with Crippen molar-refractivity contribution in [3.8, 4) is 0 Å². The molecule has 1 N–H and O–H groups in total. The maximum absolute atomic E-state index is 12.0. The van der Waals surface area contributed by atoms with Gasteiger partial charge in [-0.2, -0.15) is 0 Å². The summed E-state index contributed by atoms with van der Waals surface area (Å²) >= 11 is 3.44. The Hall–Kier alpha value is -0.870. The van der Waals surface area contributed by atoms with E-state index in [9.17, 15) is 4.79 Å². The Labute approximate surface area is 123 Å². The van der Waals surface area contributed by atoms with Gasteiger partial charge in [0.15, 0.2) is 0 Å². The fourth-order valence-electron chi connectivity index (χ4n) is 2.23. The van der Waals surface area contributed by atoms with Crippen molar-refractivity contribution >= 4 is 21.9 Å². The number of aliphatic hydroxyl groups excluding tert-OH is 1. The van der Waals surface area contributed by atoms with E-state index in [4.69, 9.17) is 9.84 Å². The van der Waals surface area contributed by atoms with E-state index in [1.165, 1.54) is 7.11 Å². The first-order valence-electron chi connectivity index (χ1n) is 6.45. The van der Waals surface area contributed by atoms with Crippen LogP contribution in [0.4, 0.5) is 0 Å². The van der Waals surface area contributed by atoms with Crippen LogP contribution in [0, 0.1) is 5.41 Å². The van der Waals surface area contributed by atoms with E-state index in [-0.39, 0.29) is 12.6 Å². The van der Waals surface area contributed by atoms with Gasteiger partial charge in [0.1, 0.15) is 0 Å². The Bertz CT molecular complexity index is 420. The summed E-state index contributed by atoms with van der Waals surface area (Å²) in [4.78, 5) is 12.0. The fourth-order valence-corrected chi connectivity index (χ4v) is 2.68. The molecule has 0 spiro atoms. The molecule has 0 radical (unpaired) electrons. The van der Waals surface area contributed by atoms with Crippen molar-refractivity contribution in [3.63, 3.8) is 0 Å². The lowest BCUT2D eigenvalue weighted by Gasteiger charge is -2.26. The standard InChI is InChI=1S/C15H21BrO3/c1-15(14(18)19-2,8-3-4-9-17)11-12-6-5-7-13(16)10-12/h5-7,10,17H,3-4,8-9,11H2,1-2H3/t15-/m0/s1. The van der Waals surface area contributed by atoms with Gasteiger partial charge in [-0.3, -0.25) is 4.79 Å². The molecule has 0 aliphatic carbocycles. The molecule has 1 aromatic carbocycles. The summed E-state index contributed by atoms with van der Waals surface area (Å²) in [6.45, 7) is 2.09. The molecule has 1 rings (SSSR count). The molecule has 0 saturated carbocycles. The Kier molecular flexibility index (Phi) is 6.52. The zero-order valence-electron chi connectivity index (χ0n) is 11.5. The van der Waals surface area contributed by atoms with E-state index >= 15 is 0 Å². The predicted octanol–water partition coefficient (Wildman–Crippen LogP) is 3.33. The first kappa shape index (κ1) is 16.2. The SMILES string of the molecule is COC(=O)[C@@](C)(CCCCO)Cc1cccc(Br)c1. The largest absolute Gasteiger partial charge is 0.469 e. The van der Waals surface area contributed by atoms with Crippen LogP contribution in [0.1, 0.15) is 31.7 Å². The quantitative estimate of drug-likeness (QED) is 0.616. The number of carbonyl (C=O) groups is 1. The Balaban J connectivity index is 2.81. The smallest absolute Gasteiger partial charge is 0.311 e. The Morgan fingerprint density at radius 3 is 2.74 bits per heavy atom. The summed E-state index contributed by atoms with van der Waals surface area (Å²) < 4.78 is 5.94. The van der Waals surface area contributed by atoms with E-state index in [0.29, 0.717) is 19.3 Å². The molecule has 0 heterocycles. The molecule has 0 amide bonds. The zero-order chi connectivity index (χ0) is 14.3. The van der Waals surface area contributed by atoms with Gasteiger partial charge in [-0.25, -0.2) is 0 Å². The molecule has 4 heteroatoms. The molecular formula is C15H21BrO3. The summed E-state index contributed by atoms with van der Waals surface area (Å²) in [5.41, 5.74) is 0.566. The highest BCUT2D eigenvalue weighted by molar-refractivity contribution is 9.10. The van der Waals surface area contributed by atoms with Crippen LogP contribution >= 0.6 is 15.9 Å². The summed E-state index contributed by atoms with van der Waals surface area (Å²) in [6, 6.07) is 7.96. The number of esters is 1. The number of methoxy groups -OCH3 is 1. The van der Waals surface area contributed by atoms with Crippen LogP contribution in [0.15, 0.2) is 28.7 Å². The van der Waals surface area contributed by atoms with Crippen LogP contribution in [0.2, 0.25) is 0 Å². The average Bonchev–Trinajstić information content (AvgIpc) is 2.38. The number of hydrogen-bond acceptors (Lipinski definition) is 3. The van der Waals surface area contributed by atoms with E-state index < -0.39 is 5.41 Å². The highest BCUT2D eigenvalue weighted by Crippen LogP contribution is 2.31. The summed E-state index contributed by atoms with van der Waals surface area (Å²) in [7, 11) is 1.42. The maximum atomic E-state index is 12.0. The zero-order valence-corrected chi connectivity index (χ0v) is 13.1. The monoisotopic (exact) mass is 328 g/mol. The highest BCUT2D eigenvalue weighted by atomic mass is 79.9. The van der Waals surface area contributed by atoms with Crippen molar-refractivity contribution in [2.75, 3.05) is 13.7 Å². The molecular weight excluding hydrogens is 308 g/mol. The van der Waals surface area contributed by atoms with Gasteiger partial charge in [0.2, 0.25) is 0 Å². The molecule has 106 valence electrons. The molecule has 0 saturated heterocycles. The van der Waals surface area contributed by atoms with Gasteiger partial charge >= 0.3 is 5.97 Å². The summed E-state index contributed by atoms with van der Waals surface area (Å²) in [5, 5.41) is 8.86. The third kappa shape index (κ3) is 4.96. The molecule has 0 aliphatic heterocycles. The fraction of sp³-hybridized carbons (Fsp3) is 0.533. The van der Waals surface area contributed by atoms with Crippen LogP contribution in [0.25, 0.3) is 0 Å². The minimum atomic E-state index is -0.537. The number of benzene rings is 1. The molecule has 0 aliphatic rings. The lowest BCUT2D eigenvalue weighted by molar-refractivity contribution is -0.152. The first-order valence-corrected chi connectivity index (χ1v) is 7.25. The third-order valence-electron chi connectivity index (χ3n) is 3.30. The topological polar surface area (TPSA) is 46.5 Å². The van der Waals surface area contributed by atoms with Crippen molar-refractivity contribution in [1.82, 2.24) is 0 Å². The lowest BCUT2D eigenvalue weighted by Crippen LogP contribution is -2.31. The van der Waals surface area contributed by atoms with Gasteiger partial charge in [-0.05, 0) is 43.9 Å². The van der Waals surface area contributed by atoms with Gasteiger partial charge in [0, 0.05) is 11.1 Å². The predicted molar refractivity (Wildman–Crippen MR) is 78.9 cm³/mol. The normalized spacial score (nSPS) is 13.9. The maximum Gasteiger partial charge on any atom is 0.311 e. The van der Waals surface area contributed by atoms with Crippen molar-refractivity contribution < 1.29 is 14.6 Å². The number of aliphatic hydroxyl groups is 1. The molecule has 1 aromatic rings. The number of rotatable bonds is 7. The Morgan fingerprint density at radius 1 is 1.42 bits per heavy atom. The summed E-state index contributed by atoms with van der Waals surface area (Å²) in [5.74, 6) is -0.189. The van der Waals surface area contributed by atoms with Crippen LogP contribution in [-0.4, -0.2) is 24.8 Å². The van der Waals surface area contributed by atoms with Crippen molar-refractivity contribution in [1.29, 1.82) is 0 Å². The minimum Gasteiger partial charge on any atom is -0.469 e. The molecule has 1 atom stereocenters. The van der Waals surface area contributed by atoms with Gasteiger partial charge in [-0.1, -0.05) is 34.5 Å². The Morgan fingerprint density at radius 2 is 2.16 bits per heavy atom. The van der Waals surface area contributed by atoms with E-state index in [1.807, 2.05) is 31.2 Å². The second kappa shape index (κ2) is 7.65.